The van der Waals surface area contributed by atoms with Crippen molar-refractivity contribution in [3.8, 4) is 11.5 Å². The van der Waals surface area contributed by atoms with Crippen molar-refractivity contribution >= 4 is 17.5 Å². The van der Waals surface area contributed by atoms with Crippen molar-refractivity contribution in [2.75, 3.05) is 11.9 Å². The Morgan fingerprint density at radius 3 is 2.31 bits per heavy atom. The molecular weight excluding hydrogens is 366 g/mol. The topological polar surface area (TPSA) is 80.3 Å². The van der Waals surface area contributed by atoms with Gasteiger partial charge >= 0.3 is 0 Å². The van der Waals surface area contributed by atoms with Crippen LogP contribution in [0.15, 0.2) is 72.9 Å². The quantitative estimate of drug-likeness (QED) is 0.623. The van der Waals surface area contributed by atoms with Crippen molar-refractivity contribution in [3.05, 3.63) is 84.2 Å². The highest BCUT2D eigenvalue weighted by Gasteiger charge is 2.12. The van der Waals surface area contributed by atoms with Crippen LogP contribution in [0.5, 0.6) is 11.5 Å². The Hall–Kier alpha value is -3.67. The lowest BCUT2D eigenvalue weighted by atomic mass is 10.2. The number of carbonyl (C=O) groups is 2. The Morgan fingerprint density at radius 2 is 1.62 bits per heavy atom. The second kappa shape index (κ2) is 9.50. The number of nitrogens with zero attached hydrogens (tertiary/aromatic N) is 1. The minimum atomic E-state index is -0.318. The van der Waals surface area contributed by atoms with Gasteiger partial charge in [-0.05, 0) is 54.4 Å². The average molecular weight is 389 g/mol. The van der Waals surface area contributed by atoms with Crippen LogP contribution in [0.4, 0.5) is 5.69 Å². The molecule has 6 nitrogen and oxygen atoms in total. The number of benzene rings is 2. The fourth-order valence-corrected chi connectivity index (χ4v) is 2.52. The average Bonchev–Trinajstić information content (AvgIpc) is 2.74. The minimum Gasteiger partial charge on any atom is -0.457 e. The fourth-order valence-electron chi connectivity index (χ4n) is 2.52. The molecule has 2 aromatic carbocycles. The van der Waals surface area contributed by atoms with Crippen molar-refractivity contribution < 1.29 is 14.3 Å². The molecule has 1 aromatic heterocycles. The van der Waals surface area contributed by atoms with E-state index in [4.69, 9.17) is 4.74 Å². The molecule has 0 fully saturated rings. The molecule has 1 heterocycles. The molecule has 0 aliphatic heterocycles. The number of carbonyl (C=O) groups excluding carboxylic acids is 2. The van der Waals surface area contributed by atoms with Gasteiger partial charge in [0.25, 0.3) is 11.8 Å². The lowest BCUT2D eigenvalue weighted by Crippen LogP contribution is -2.28. The van der Waals surface area contributed by atoms with Crippen LogP contribution < -0.4 is 15.4 Å². The molecular formula is C23H23N3O3. The molecule has 2 amide bonds. The number of anilines is 1. The van der Waals surface area contributed by atoms with Crippen LogP contribution in [-0.2, 0) is 0 Å². The van der Waals surface area contributed by atoms with Crippen molar-refractivity contribution in [3.63, 3.8) is 0 Å². The predicted molar refractivity (Wildman–Crippen MR) is 112 cm³/mol. The maximum Gasteiger partial charge on any atom is 0.269 e. The summed E-state index contributed by atoms with van der Waals surface area (Å²) in [6.45, 7) is 4.57. The highest BCUT2D eigenvalue weighted by Crippen LogP contribution is 2.22. The highest BCUT2D eigenvalue weighted by molar-refractivity contribution is 6.05. The van der Waals surface area contributed by atoms with Crippen molar-refractivity contribution in [2.45, 2.75) is 13.8 Å². The van der Waals surface area contributed by atoms with E-state index in [0.29, 0.717) is 29.5 Å². The van der Waals surface area contributed by atoms with Crippen molar-refractivity contribution in [2.24, 2.45) is 5.92 Å². The van der Waals surface area contributed by atoms with Gasteiger partial charge in [0.2, 0.25) is 0 Å². The molecule has 0 aliphatic carbocycles. The largest absolute Gasteiger partial charge is 0.457 e. The zero-order valence-electron chi connectivity index (χ0n) is 16.4. The molecule has 0 bridgehead atoms. The maximum atomic E-state index is 12.5. The first kappa shape index (κ1) is 20.1. The van der Waals surface area contributed by atoms with E-state index in [-0.39, 0.29) is 17.5 Å². The molecule has 3 aromatic rings. The maximum absolute atomic E-state index is 12.5. The number of hydrogen-bond donors (Lipinski definition) is 2. The zero-order chi connectivity index (χ0) is 20.6. The normalized spacial score (nSPS) is 10.4. The number of pyridine rings is 1. The fraction of sp³-hybridized carbons (Fsp3) is 0.174. The van der Waals surface area contributed by atoms with Crippen LogP contribution in [0.2, 0.25) is 0 Å². The zero-order valence-corrected chi connectivity index (χ0v) is 16.4. The molecule has 2 N–H and O–H groups in total. The third-order valence-corrected chi connectivity index (χ3v) is 4.02. The number of ether oxygens (including phenoxy) is 1. The molecule has 0 atom stereocenters. The van der Waals surface area contributed by atoms with Gasteiger partial charge < -0.3 is 15.4 Å². The predicted octanol–water partition coefficient (Wildman–Crippen LogP) is 4.51. The number of aromatic nitrogens is 1. The van der Waals surface area contributed by atoms with Crippen LogP contribution in [0.3, 0.4) is 0 Å². The number of nitrogens with one attached hydrogen (secondary N) is 2. The van der Waals surface area contributed by atoms with E-state index >= 15 is 0 Å². The Labute approximate surface area is 169 Å². The van der Waals surface area contributed by atoms with Crippen LogP contribution in [-0.4, -0.2) is 23.3 Å². The first-order valence-electron chi connectivity index (χ1n) is 9.40. The third-order valence-electron chi connectivity index (χ3n) is 4.02. The Kier molecular flexibility index (Phi) is 6.58. The summed E-state index contributed by atoms with van der Waals surface area (Å²) in [5, 5.41) is 5.61. The molecule has 0 unspecified atom stereocenters. The van der Waals surface area contributed by atoms with E-state index in [1.807, 2.05) is 44.2 Å². The van der Waals surface area contributed by atoms with Gasteiger partial charge in [-0.15, -0.1) is 0 Å². The monoisotopic (exact) mass is 389 g/mol. The number of rotatable bonds is 7. The van der Waals surface area contributed by atoms with Gasteiger partial charge in [0.15, 0.2) is 0 Å². The van der Waals surface area contributed by atoms with E-state index in [1.165, 1.54) is 12.3 Å². The molecule has 148 valence electrons. The van der Waals surface area contributed by atoms with E-state index in [1.54, 1.807) is 30.3 Å². The molecule has 29 heavy (non-hydrogen) atoms. The van der Waals surface area contributed by atoms with Gasteiger partial charge in [-0.2, -0.15) is 0 Å². The molecule has 6 heteroatoms. The Bertz CT molecular complexity index is 970. The van der Waals surface area contributed by atoms with Gasteiger partial charge in [-0.1, -0.05) is 32.0 Å². The van der Waals surface area contributed by atoms with Crippen molar-refractivity contribution in [1.82, 2.24) is 10.3 Å². The van der Waals surface area contributed by atoms with E-state index in [0.717, 1.165) is 5.75 Å². The Morgan fingerprint density at radius 1 is 0.931 bits per heavy atom. The molecule has 0 aliphatic rings. The standard InChI is InChI=1S/C23H23N3O3/c1-16(2)15-25-23(28)21-14-17(12-13-24-21)22(27)26-18-8-10-20(11-9-18)29-19-6-4-3-5-7-19/h3-14,16H,15H2,1-2H3,(H,25,28)(H,26,27). The summed E-state index contributed by atoms with van der Waals surface area (Å²) in [6, 6.07) is 19.6. The summed E-state index contributed by atoms with van der Waals surface area (Å²) in [6.07, 6.45) is 1.45. The van der Waals surface area contributed by atoms with Crippen LogP contribution >= 0.6 is 0 Å². The van der Waals surface area contributed by atoms with Gasteiger partial charge in [0.05, 0.1) is 0 Å². The molecule has 0 saturated heterocycles. The summed E-state index contributed by atoms with van der Waals surface area (Å²) in [5.41, 5.74) is 1.20. The van der Waals surface area contributed by atoms with E-state index < -0.39 is 0 Å². The molecule has 0 radical (unpaired) electrons. The van der Waals surface area contributed by atoms with Crippen LogP contribution in [0, 0.1) is 5.92 Å². The third kappa shape index (κ3) is 5.90. The van der Waals surface area contributed by atoms with E-state index in [2.05, 4.69) is 15.6 Å². The number of para-hydroxylation sites is 1. The SMILES string of the molecule is CC(C)CNC(=O)c1cc(C(=O)Nc2ccc(Oc3ccccc3)cc2)ccn1. The number of amides is 2. The van der Waals surface area contributed by atoms with Gasteiger partial charge in [-0.3, -0.25) is 14.6 Å². The minimum absolute atomic E-state index is 0.213. The molecule has 0 saturated carbocycles. The first-order chi connectivity index (χ1) is 14.0. The van der Waals surface area contributed by atoms with Gasteiger partial charge in [0.1, 0.15) is 17.2 Å². The summed E-state index contributed by atoms with van der Waals surface area (Å²) in [5.74, 6) is 1.13. The Balaban J connectivity index is 1.62. The summed E-state index contributed by atoms with van der Waals surface area (Å²) >= 11 is 0. The second-order valence-electron chi connectivity index (χ2n) is 6.93. The lowest BCUT2D eigenvalue weighted by molar-refractivity contribution is 0.0944. The molecule has 0 spiro atoms. The summed E-state index contributed by atoms with van der Waals surface area (Å²) in [7, 11) is 0. The lowest BCUT2D eigenvalue weighted by Gasteiger charge is -2.09. The van der Waals surface area contributed by atoms with Crippen LogP contribution in [0.1, 0.15) is 34.7 Å². The summed E-state index contributed by atoms with van der Waals surface area (Å²) < 4.78 is 5.74. The first-order valence-corrected chi connectivity index (χ1v) is 9.40. The van der Waals surface area contributed by atoms with Crippen molar-refractivity contribution in [1.29, 1.82) is 0 Å². The summed E-state index contributed by atoms with van der Waals surface area (Å²) in [4.78, 5) is 28.7. The highest BCUT2D eigenvalue weighted by atomic mass is 16.5. The molecule has 3 rings (SSSR count). The number of hydrogen-bond acceptors (Lipinski definition) is 4. The van der Waals surface area contributed by atoms with Gasteiger partial charge in [-0.25, -0.2) is 0 Å². The smallest absolute Gasteiger partial charge is 0.269 e. The van der Waals surface area contributed by atoms with Crippen LogP contribution in [0.25, 0.3) is 0 Å². The van der Waals surface area contributed by atoms with Gasteiger partial charge in [0, 0.05) is 24.0 Å². The second-order valence-corrected chi connectivity index (χ2v) is 6.93. The van der Waals surface area contributed by atoms with E-state index in [9.17, 15) is 9.59 Å².